The highest BCUT2D eigenvalue weighted by Gasteiger charge is 1.97. The minimum absolute atomic E-state index is 0.108. The average molecular weight is 146 g/mol. The fourth-order valence-electron chi connectivity index (χ4n) is 0.287. The van der Waals surface area contributed by atoms with Gasteiger partial charge < -0.3 is 14.9 Å². The third kappa shape index (κ3) is 3.91. The number of carboxylic acid groups (broad SMARTS) is 1. The number of carbonyl (C=O) groups is 1. The highest BCUT2D eigenvalue weighted by Crippen LogP contribution is 1.91. The molecule has 0 rings (SSSR count). The molecule has 0 aromatic heterocycles. The van der Waals surface area contributed by atoms with Crippen molar-refractivity contribution in [3.05, 3.63) is 11.8 Å². The first-order valence-electron chi connectivity index (χ1n) is 2.81. The lowest BCUT2D eigenvalue weighted by atomic mass is 10.3. The van der Waals surface area contributed by atoms with Crippen LogP contribution in [0.2, 0.25) is 0 Å². The molecule has 0 unspecified atom stereocenters. The Morgan fingerprint density at radius 1 is 1.70 bits per heavy atom. The van der Waals surface area contributed by atoms with Crippen molar-refractivity contribution in [3.8, 4) is 0 Å². The van der Waals surface area contributed by atoms with Gasteiger partial charge in [0.2, 0.25) is 0 Å². The van der Waals surface area contributed by atoms with E-state index in [1.807, 2.05) is 0 Å². The summed E-state index contributed by atoms with van der Waals surface area (Å²) in [7, 11) is 0. The standard InChI is InChI=1S/C6H10O4/c1-5(6(8)9)4-10-3-2-7/h4,7H,2-3H2,1H3,(H,8,9). The van der Waals surface area contributed by atoms with Gasteiger partial charge in [0, 0.05) is 0 Å². The second-order valence-electron chi connectivity index (χ2n) is 1.70. The molecule has 10 heavy (non-hydrogen) atoms. The molecule has 4 heteroatoms. The van der Waals surface area contributed by atoms with Gasteiger partial charge in [0.05, 0.1) is 18.4 Å². The van der Waals surface area contributed by atoms with E-state index in [2.05, 4.69) is 4.74 Å². The second kappa shape index (κ2) is 4.81. The quantitative estimate of drug-likeness (QED) is 0.332. The van der Waals surface area contributed by atoms with E-state index in [9.17, 15) is 4.79 Å². The fourth-order valence-corrected chi connectivity index (χ4v) is 0.287. The number of aliphatic hydroxyl groups excluding tert-OH is 1. The van der Waals surface area contributed by atoms with Crippen LogP contribution in [0.25, 0.3) is 0 Å². The van der Waals surface area contributed by atoms with Crippen LogP contribution in [0.5, 0.6) is 0 Å². The Balaban J connectivity index is 3.58. The third-order valence-electron chi connectivity index (χ3n) is 0.807. The van der Waals surface area contributed by atoms with Crippen molar-refractivity contribution in [1.29, 1.82) is 0 Å². The molecule has 0 bridgehead atoms. The summed E-state index contributed by atoms with van der Waals surface area (Å²) in [6.07, 6.45) is 1.11. The maximum Gasteiger partial charge on any atom is 0.334 e. The maximum atomic E-state index is 10.1. The van der Waals surface area contributed by atoms with E-state index in [0.717, 1.165) is 6.26 Å². The molecule has 0 heterocycles. The minimum atomic E-state index is -1.02. The molecule has 0 fully saturated rings. The number of carboxylic acids is 1. The molecule has 0 aromatic carbocycles. The van der Waals surface area contributed by atoms with Crippen molar-refractivity contribution in [2.24, 2.45) is 0 Å². The van der Waals surface area contributed by atoms with Crippen LogP contribution < -0.4 is 0 Å². The molecule has 0 saturated heterocycles. The Morgan fingerprint density at radius 2 is 2.30 bits per heavy atom. The summed E-state index contributed by atoms with van der Waals surface area (Å²) in [4.78, 5) is 10.1. The van der Waals surface area contributed by atoms with Crippen LogP contribution in [0.4, 0.5) is 0 Å². The van der Waals surface area contributed by atoms with Gasteiger partial charge in [-0.3, -0.25) is 0 Å². The Kier molecular flexibility index (Phi) is 4.32. The van der Waals surface area contributed by atoms with Gasteiger partial charge in [-0.15, -0.1) is 0 Å². The van der Waals surface area contributed by atoms with Crippen LogP contribution in [0.3, 0.4) is 0 Å². The lowest BCUT2D eigenvalue weighted by molar-refractivity contribution is -0.132. The molecular formula is C6H10O4. The van der Waals surface area contributed by atoms with E-state index in [1.165, 1.54) is 6.92 Å². The number of hydrogen-bond donors (Lipinski definition) is 2. The van der Waals surface area contributed by atoms with Crippen molar-refractivity contribution >= 4 is 5.97 Å². The van der Waals surface area contributed by atoms with E-state index < -0.39 is 5.97 Å². The number of ether oxygens (including phenoxy) is 1. The van der Waals surface area contributed by atoms with Crippen molar-refractivity contribution in [2.75, 3.05) is 13.2 Å². The SMILES string of the molecule is CC(=COCCO)C(=O)O. The van der Waals surface area contributed by atoms with E-state index in [-0.39, 0.29) is 18.8 Å². The summed E-state index contributed by atoms with van der Waals surface area (Å²) in [5.41, 5.74) is 0.119. The summed E-state index contributed by atoms with van der Waals surface area (Å²) in [6, 6.07) is 0. The summed E-state index contributed by atoms with van der Waals surface area (Å²) >= 11 is 0. The topological polar surface area (TPSA) is 66.8 Å². The molecule has 0 aliphatic heterocycles. The fraction of sp³-hybridized carbons (Fsp3) is 0.500. The van der Waals surface area contributed by atoms with Crippen LogP contribution in [-0.4, -0.2) is 29.4 Å². The normalized spacial score (nSPS) is 11.2. The number of rotatable bonds is 4. The Morgan fingerprint density at radius 3 is 2.70 bits per heavy atom. The van der Waals surface area contributed by atoms with Gasteiger partial charge in [0.25, 0.3) is 0 Å². The highest BCUT2D eigenvalue weighted by atomic mass is 16.5. The van der Waals surface area contributed by atoms with Gasteiger partial charge in [-0.25, -0.2) is 4.79 Å². The first kappa shape index (κ1) is 8.97. The molecule has 0 spiro atoms. The summed E-state index contributed by atoms with van der Waals surface area (Å²) in [5, 5.41) is 16.5. The molecule has 0 amide bonds. The van der Waals surface area contributed by atoms with E-state index in [4.69, 9.17) is 10.2 Å². The molecular weight excluding hydrogens is 136 g/mol. The summed E-state index contributed by atoms with van der Waals surface area (Å²) in [5.74, 6) is -1.02. The first-order valence-corrected chi connectivity index (χ1v) is 2.81. The summed E-state index contributed by atoms with van der Waals surface area (Å²) in [6.45, 7) is 1.44. The summed E-state index contributed by atoms with van der Waals surface area (Å²) < 4.78 is 4.61. The Hall–Kier alpha value is -1.03. The molecule has 58 valence electrons. The smallest absolute Gasteiger partial charge is 0.334 e. The Labute approximate surface area is 58.7 Å². The molecule has 2 N–H and O–H groups in total. The average Bonchev–Trinajstić information content (AvgIpc) is 1.88. The van der Waals surface area contributed by atoms with Crippen molar-refractivity contribution in [3.63, 3.8) is 0 Å². The van der Waals surface area contributed by atoms with Gasteiger partial charge in [-0.05, 0) is 6.92 Å². The van der Waals surface area contributed by atoms with Crippen LogP contribution in [0.15, 0.2) is 11.8 Å². The van der Waals surface area contributed by atoms with Crippen LogP contribution in [-0.2, 0) is 9.53 Å². The number of aliphatic carboxylic acids is 1. The molecule has 0 aliphatic carbocycles. The largest absolute Gasteiger partial charge is 0.498 e. The molecule has 0 aliphatic rings. The highest BCUT2D eigenvalue weighted by molar-refractivity contribution is 5.85. The van der Waals surface area contributed by atoms with Crippen LogP contribution in [0, 0.1) is 0 Å². The molecule has 0 atom stereocenters. The zero-order valence-corrected chi connectivity index (χ0v) is 5.70. The zero-order chi connectivity index (χ0) is 7.98. The molecule has 0 aromatic rings. The predicted molar refractivity (Wildman–Crippen MR) is 34.4 cm³/mol. The van der Waals surface area contributed by atoms with E-state index in [0.29, 0.717) is 0 Å². The van der Waals surface area contributed by atoms with Crippen molar-refractivity contribution in [2.45, 2.75) is 6.92 Å². The van der Waals surface area contributed by atoms with E-state index >= 15 is 0 Å². The lowest BCUT2D eigenvalue weighted by Crippen LogP contribution is -1.99. The van der Waals surface area contributed by atoms with Crippen molar-refractivity contribution < 1.29 is 19.7 Å². The maximum absolute atomic E-state index is 10.1. The number of hydrogen-bond acceptors (Lipinski definition) is 3. The van der Waals surface area contributed by atoms with Gasteiger partial charge in [-0.2, -0.15) is 0 Å². The van der Waals surface area contributed by atoms with E-state index in [1.54, 1.807) is 0 Å². The predicted octanol–water partition coefficient (Wildman–Crippen LogP) is -0.0163. The van der Waals surface area contributed by atoms with Crippen LogP contribution >= 0.6 is 0 Å². The third-order valence-corrected chi connectivity index (χ3v) is 0.807. The minimum Gasteiger partial charge on any atom is -0.498 e. The Bertz CT molecular complexity index is 139. The van der Waals surface area contributed by atoms with Gasteiger partial charge in [0.1, 0.15) is 6.61 Å². The zero-order valence-electron chi connectivity index (χ0n) is 5.70. The van der Waals surface area contributed by atoms with Gasteiger partial charge in [0.15, 0.2) is 0 Å². The monoisotopic (exact) mass is 146 g/mol. The van der Waals surface area contributed by atoms with Gasteiger partial charge >= 0.3 is 5.97 Å². The van der Waals surface area contributed by atoms with Gasteiger partial charge in [-0.1, -0.05) is 0 Å². The lowest BCUT2D eigenvalue weighted by Gasteiger charge is -1.96. The van der Waals surface area contributed by atoms with Crippen molar-refractivity contribution in [1.82, 2.24) is 0 Å². The molecule has 4 nitrogen and oxygen atoms in total. The second-order valence-corrected chi connectivity index (χ2v) is 1.70. The first-order chi connectivity index (χ1) is 4.68. The molecule has 0 saturated carbocycles. The number of aliphatic hydroxyl groups is 1. The molecule has 0 radical (unpaired) electrons. The van der Waals surface area contributed by atoms with Crippen LogP contribution in [0.1, 0.15) is 6.92 Å².